The number of phosphoric acid groups is 1. The second-order valence-electron chi connectivity index (χ2n) is 1.69. The van der Waals surface area contributed by atoms with Crippen molar-refractivity contribution in [3.63, 3.8) is 0 Å². The lowest BCUT2D eigenvalue weighted by molar-refractivity contribution is -0.452. The fourth-order valence-corrected chi connectivity index (χ4v) is 1.02. The van der Waals surface area contributed by atoms with E-state index in [4.69, 9.17) is 9.79 Å². The first-order valence-corrected chi connectivity index (χ1v) is 4.34. The molecule has 0 unspecified atom stereocenters. The normalized spacial score (nSPS) is 13.4. The van der Waals surface area contributed by atoms with Gasteiger partial charge < -0.3 is 24.0 Å². The molecule has 2 N–H and O–H groups in total. The largest absolute Gasteiger partial charge is 0.475 e. The van der Waals surface area contributed by atoms with Gasteiger partial charge in [0.15, 0.2) is 0 Å². The fourth-order valence-electron chi connectivity index (χ4n) is 0.507. The molecule has 8 heteroatoms. The van der Waals surface area contributed by atoms with Gasteiger partial charge in [0, 0.05) is 21.3 Å². The maximum Gasteiger partial charge on any atom is 0.475 e. The molecule has 0 aliphatic rings. The number of hydrogen-bond donors (Lipinski definition) is 2. The second kappa shape index (κ2) is 4.29. The zero-order valence-electron chi connectivity index (χ0n) is 6.88. The molecular formula is C4H11O7P. The third-order valence-electron chi connectivity index (χ3n) is 0.981. The van der Waals surface area contributed by atoms with Gasteiger partial charge in [-0.2, -0.15) is 0 Å². The van der Waals surface area contributed by atoms with Crippen LogP contribution in [0.5, 0.6) is 0 Å². The van der Waals surface area contributed by atoms with E-state index in [1.165, 1.54) is 0 Å². The number of phosphoric ester groups is 1. The average molecular weight is 202 g/mol. The van der Waals surface area contributed by atoms with Crippen molar-refractivity contribution >= 4 is 7.82 Å². The molecule has 0 heterocycles. The molecule has 7 nitrogen and oxygen atoms in total. The molecule has 74 valence electrons. The zero-order valence-corrected chi connectivity index (χ0v) is 7.78. The zero-order chi connectivity index (χ0) is 9.83. The van der Waals surface area contributed by atoms with Crippen LogP contribution in [0.3, 0.4) is 0 Å². The topological polar surface area (TPSA) is 94.5 Å². The van der Waals surface area contributed by atoms with Gasteiger partial charge in [-0.15, -0.1) is 0 Å². The predicted octanol–water partition coefficient (Wildman–Crippen LogP) is -0.354. The summed E-state index contributed by atoms with van der Waals surface area (Å²) >= 11 is 0. The molecule has 0 saturated heterocycles. The second-order valence-corrected chi connectivity index (χ2v) is 2.86. The molecule has 0 aliphatic heterocycles. The van der Waals surface area contributed by atoms with E-state index in [1.54, 1.807) is 0 Å². The smallest absolute Gasteiger partial charge is 0.306 e. The Bertz CT molecular complexity index is 162. The van der Waals surface area contributed by atoms with E-state index < -0.39 is 14.0 Å². The van der Waals surface area contributed by atoms with Crippen molar-refractivity contribution in [2.45, 2.75) is 6.16 Å². The molecule has 0 saturated carbocycles. The Morgan fingerprint density at radius 1 is 1.08 bits per heavy atom. The fraction of sp³-hybridized carbons (Fsp3) is 1.00. The summed E-state index contributed by atoms with van der Waals surface area (Å²) < 4.78 is 27.8. The van der Waals surface area contributed by atoms with Crippen LogP contribution in [0.25, 0.3) is 0 Å². The van der Waals surface area contributed by atoms with Crippen molar-refractivity contribution in [1.29, 1.82) is 0 Å². The minimum absolute atomic E-state index is 1.11. The summed E-state index contributed by atoms with van der Waals surface area (Å²) in [6, 6.07) is 0. The summed E-state index contributed by atoms with van der Waals surface area (Å²) in [5.41, 5.74) is 0. The van der Waals surface area contributed by atoms with Gasteiger partial charge in [-0.1, -0.05) is 0 Å². The summed E-state index contributed by atoms with van der Waals surface area (Å²) in [4.78, 5) is 16.8. The lowest BCUT2D eigenvalue weighted by atomic mass is 11.0. The van der Waals surface area contributed by atoms with Crippen LogP contribution in [-0.4, -0.2) is 37.3 Å². The van der Waals surface area contributed by atoms with Crippen molar-refractivity contribution in [3.8, 4) is 0 Å². The highest BCUT2D eigenvalue weighted by atomic mass is 31.2. The van der Waals surface area contributed by atoms with Gasteiger partial charge in [0.2, 0.25) is 0 Å². The lowest BCUT2D eigenvalue weighted by Crippen LogP contribution is -2.38. The van der Waals surface area contributed by atoms with E-state index in [-0.39, 0.29) is 0 Å². The Hall–Kier alpha value is -0.0100. The van der Waals surface area contributed by atoms with Crippen LogP contribution >= 0.6 is 7.82 Å². The summed E-state index contributed by atoms with van der Waals surface area (Å²) in [6.45, 7) is 0. The van der Waals surface area contributed by atoms with Crippen molar-refractivity contribution in [2.24, 2.45) is 0 Å². The Morgan fingerprint density at radius 3 is 1.50 bits per heavy atom. The van der Waals surface area contributed by atoms with Crippen molar-refractivity contribution < 1.29 is 33.1 Å². The number of rotatable bonds is 5. The Balaban J connectivity index is 4.41. The van der Waals surface area contributed by atoms with Gasteiger partial charge in [0.1, 0.15) is 0 Å². The van der Waals surface area contributed by atoms with E-state index in [9.17, 15) is 4.57 Å². The van der Waals surface area contributed by atoms with Crippen LogP contribution in [0.15, 0.2) is 0 Å². The standard InChI is InChI=1S/C4H11O7P/c1-8-4(9-2,10-3)11-12(5,6)7/h1-3H3,(H2,5,6,7). The van der Waals surface area contributed by atoms with E-state index in [0.29, 0.717) is 0 Å². The summed E-state index contributed by atoms with van der Waals surface area (Å²) in [5, 5.41) is 0. The molecule has 0 aliphatic carbocycles. The highest BCUT2D eigenvalue weighted by Gasteiger charge is 2.39. The minimum Gasteiger partial charge on any atom is -0.306 e. The summed E-state index contributed by atoms with van der Waals surface area (Å²) in [7, 11) is -1.37. The molecule has 0 aromatic carbocycles. The summed E-state index contributed by atoms with van der Waals surface area (Å²) in [5.74, 6) is 0. The van der Waals surface area contributed by atoms with E-state index in [0.717, 1.165) is 21.3 Å². The molecule has 0 aromatic rings. The predicted molar refractivity (Wildman–Crippen MR) is 36.9 cm³/mol. The van der Waals surface area contributed by atoms with Crippen LogP contribution < -0.4 is 0 Å². The maximum absolute atomic E-state index is 10.4. The molecule has 0 amide bonds. The van der Waals surface area contributed by atoms with Gasteiger partial charge in [0.25, 0.3) is 0 Å². The molecule has 0 aromatic heterocycles. The molecule has 0 bridgehead atoms. The van der Waals surface area contributed by atoms with Crippen LogP contribution in [0.1, 0.15) is 0 Å². The Morgan fingerprint density at radius 2 is 1.42 bits per heavy atom. The van der Waals surface area contributed by atoms with Crippen LogP contribution in [-0.2, 0) is 23.3 Å². The molecule has 0 fully saturated rings. The third kappa shape index (κ3) is 3.59. The summed E-state index contributed by atoms with van der Waals surface area (Å²) in [6.07, 6.45) is -2.15. The SMILES string of the molecule is COC(OC)(OC)OP(=O)(O)O. The van der Waals surface area contributed by atoms with Gasteiger partial charge in [-0.05, 0) is 0 Å². The lowest BCUT2D eigenvalue weighted by Gasteiger charge is -2.26. The van der Waals surface area contributed by atoms with Crippen molar-refractivity contribution in [1.82, 2.24) is 0 Å². The minimum atomic E-state index is -4.71. The molecule has 0 atom stereocenters. The number of ether oxygens (including phenoxy) is 3. The van der Waals surface area contributed by atoms with Gasteiger partial charge in [-0.25, -0.2) is 9.09 Å². The molecule has 12 heavy (non-hydrogen) atoms. The van der Waals surface area contributed by atoms with Crippen LogP contribution in [0.4, 0.5) is 0 Å². The highest BCUT2D eigenvalue weighted by molar-refractivity contribution is 7.46. The molecular weight excluding hydrogens is 191 g/mol. The number of hydrogen-bond acceptors (Lipinski definition) is 5. The van der Waals surface area contributed by atoms with Gasteiger partial charge in [-0.3, -0.25) is 0 Å². The van der Waals surface area contributed by atoms with E-state index >= 15 is 0 Å². The van der Waals surface area contributed by atoms with Gasteiger partial charge >= 0.3 is 14.0 Å². The third-order valence-corrected chi connectivity index (χ3v) is 1.44. The first-order chi connectivity index (χ1) is 5.39. The van der Waals surface area contributed by atoms with Crippen LogP contribution in [0.2, 0.25) is 0 Å². The van der Waals surface area contributed by atoms with Crippen molar-refractivity contribution in [3.05, 3.63) is 0 Å². The Labute approximate surface area is 69.4 Å². The van der Waals surface area contributed by atoms with Gasteiger partial charge in [0.05, 0.1) is 0 Å². The monoisotopic (exact) mass is 202 g/mol. The van der Waals surface area contributed by atoms with Crippen molar-refractivity contribution in [2.75, 3.05) is 21.3 Å². The average Bonchev–Trinajstić information content (AvgIpc) is 1.99. The molecule has 0 spiro atoms. The number of methoxy groups -OCH3 is 3. The first-order valence-electron chi connectivity index (χ1n) is 2.81. The maximum atomic E-state index is 10.4. The molecule has 0 radical (unpaired) electrons. The Kier molecular flexibility index (Phi) is 4.29. The van der Waals surface area contributed by atoms with E-state index in [2.05, 4.69) is 18.7 Å². The quantitative estimate of drug-likeness (QED) is 0.464. The van der Waals surface area contributed by atoms with E-state index in [1.807, 2.05) is 0 Å². The first kappa shape index (κ1) is 12.0. The molecule has 0 rings (SSSR count). The van der Waals surface area contributed by atoms with Crippen LogP contribution in [0, 0.1) is 0 Å². The highest BCUT2D eigenvalue weighted by Crippen LogP contribution is 2.42.